The van der Waals surface area contributed by atoms with Crippen LogP contribution in [0.15, 0.2) is 36.5 Å². The van der Waals surface area contributed by atoms with Crippen LogP contribution in [0.1, 0.15) is 70.8 Å². The Balaban J connectivity index is 1.86. The minimum absolute atomic E-state index is 0.321. The van der Waals surface area contributed by atoms with Gasteiger partial charge in [0.05, 0.1) is 12.3 Å². The molecule has 0 amide bonds. The monoisotopic (exact) mass is 357 g/mol. The van der Waals surface area contributed by atoms with Crippen LogP contribution in [-0.2, 0) is 6.42 Å². The number of hydrogen-bond acceptors (Lipinski definition) is 2. The van der Waals surface area contributed by atoms with Gasteiger partial charge in [-0.2, -0.15) is 0 Å². The summed E-state index contributed by atoms with van der Waals surface area (Å²) in [7, 11) is 0. The highest BCUT2D eigenvalue weighted by molar-refractivity contribution is 5.60. The van der Waals surface area contributed by atoms with Gasteiger partial charge in [0, 0.05) is 11.8 Å². The molecular weight excluding hydrogens is 325 g/mol. The van der Waals surface area contributed by atoms with Gasteiger partial charge in [0.1, 0.15) is 0 Å². The molecule has 142 valence electrons. The van der Waals surface area contributed by atoms with E-state index in [1.807, 2.05) is 18.3 Å². The average molecular weight is 358 g/mol. The quantitative estimate of drug-likeness (QED) is 0.383. The van der Waals surface area contributed by atoms with Crippen LogP contribution in [0.25, 0.3) is 11.3 Å². The Kier molecular flexibility index (Phi) is 9.16. The maximum Gasteiger partial charge on any atom is 0.165 e. The average Bonchev–Trinajstić information content (AvgIpc) is 2.66. The van der Waals surface area contributed by atoms with Crippen LogP contribution in [0, 0.1) is 5.82 Å². The third kappa shape index (κ3) is 6.78. The first-order valence-corrected chi connectivity index (χ1v) is 10.1. The van der Waals surface area contributed by atoms with E-state index in [0.717, 1.165) is 30.5 Å². The lowest BCUT2D eigenvalue weighted by molar-refractivity contribution is 0.294. The predicted octanol–water partition coefficient (Wildman–Crippen LogP) is 6.97. The normalized spacial score (nSPS) is 10.9. The number of hydrogen-bond donors (Lipinski definition) is 0. The topological polar surface area (TPSA) is 22.1 Å². The number of aromatic nitrogens is 1. The zero-order valence-corrected chi connectivity index (χ0v) is 16.3. The third-order valence-corrected chi connectivity index (χ3v) is 4.63. The molecule has 0 unspecified atom stereocenters. The third-order valence-electron chi connectivity index (χ3n) is 4.63. The Hall–Kier alpha value is -1.90. The second-order valence-electron chi connectivity index (χ2n) is 6.92. The molecule has 3 heteroatoms. The van der Waals surface area contributed by atoms with Crippen LogP contribution in [0.2, 0.25) is 0 Å². The lowest BCUT2D eigenvalue weighted by Gasteiger charge is -2.08. The van der Waals surface area contributed by atoms with Crippen molar-refractivity contribution in [2.75, 3.05) is 6.61 Å². The number of halogens is 1. The minimum atomic E-state index is -0.323. The smallest absolute Gasteiger partial charge is 0.165 e. The Labute approximate surface area is 157 Å². The first-order chi connectivity index (χ1) is 12.7. The van der Waals surface area contributed by atoms with Crippen LogP contribution in [-0.4, -0.2) is 11.6 Å². The van der Waals surface area contributed by atoms with Crippen LogP contribution >= 0.6 is 0 Å². The van der Waals surface area contributed by atoms with Crippen molar-refractivity contribution < 1.29 is 9.13 Å². The van der Waals surface area contributed by atoms with Gasteiger partial charge in [-0.15, -0.1) is 0 Å². The van der Waals surface area contributed by atoms with Crippen molar-refractivity contribution in [1.82, 2.24) is 4.98 Å². The molecule has 0 bridgehead atoms. The summed E-state index contributed by atoms with van der Waals surface area (Å²) in [6.07, 6.45) is 12.8. The van der Waals surface area contributed by atoms with E-state index in [9.17, 15) is 4.39 Å². The molecular formula is C23H32FNO. The Bertz CT molecular complexity index is 639. The number of pyridine rings is 1. The van der Waals surface area contributed by atoms with Crippen LogP contribution in [0.3, 0.4) is 0 Å². The summed E-state index contributed by atoms with van der Waals surface area (Å²) >= 11 is 0. The lowest BCUT2D eigenvalue weighted by atomic mass is 10.0. The highest BCUT2D eigenvalue weighted by Crippen LogP contribution is 2.25. The molecule has 0 spiro atoms. The Morgan fingerprint density at radius 1 is 0.885 bits per heavy atom. The molecule has 2 nitrogen and oxygen atoms in total. The second-order valence-corrected chi connectivity index (χ2v) is 6.92. The number of unbranched alkanes of at least 4 members (excludes halogenated alkanes) is 6. The lowest BCUT2D eigenvalue weighted by Crippen LogP contribution is -1.99. The summed E-state index contributed by atoms with van der Waals surface area (Å²) in [6, 6.07) is 9.18. The van der Waals surface area contributed by atoms with E-state index in [4.69, 9.17) is 4.74 Å². The SMILES string of the molecule is CCCCCCCCc1ccc(-c2ccc(OCCCC)c(F)c2)nc1. The molecule has 0 N–H and O–H groups in total. The molecule has 1 aromatic heterocycles. The zero-order chi connectivity index (χ0) is 18.6. The molecule has 0 saturated carbocycles. The predicted molar refractivity (Wildman–Crippen MR) is 107 cm³/mol. The van der Waals surface area contributed by atoms with Gasteiger partial charge in [0.25, 0.3) is 0 Å². The van der Waals surface area contributed by atoms with Crippen LogP contribution in [0.5, 0.6) is 5.75 Å². The van der Waals surface area contributed by atoms with Crippen LogP contribution < -0.4 is 4.74 Å². The fourth-order valence-corrected chi connectivity index (χ4v) is 2.96. The first-order valence-electron chi connectivity index (χ1n) is 10.1. The van der Waals surface area contributed by atoms with Crippen molar-refractivity contribution in [1.29, 1.82) is 0 Å². The highest BCUT2D eigenvalue weighted by atomic mass is 19.1. The van der Waals surface area contributed by atoms with E-state index in [1.54, 1.807) is 6.07 Å². The summed E-state index contributed by atoms with van der Waals surface area (Å²) in [5.74, 6) is -0.00143. The van der Waals surface area contributed by atoms with Crippen molar-refractivity contribution in [2.45, 2.75) is 71.6 Å². The maximum absolute atomic E-state index is 14.2. The Morgan fingerprint density at radius 3 is 2.35 bits per heavy atom. The van der Waals surface area contributed by atoms with Gasteiger partial charge < -0.3 is 4.74 Å². The fourth-order valence-electron chi connectivity index (χ4n) is 2.96. The largest absolute Gasteiger partial charge is 0.491 e. The van der Waals surface area contributed by atoms with E-state index in [0.29, 0.717) is 12.4 Å². The molecule has 2 aromatic rings. The second kappa shape index (κ2) is 11.7. The van der Waals surface area contributed by atoms with E-state index in [-0.39, 0.29) is 5.82 Å². The van der Waals surface area contributed by atoms with Crippen molar-refractivity contribution >= 4 is 0 Å². The highest BCUT2D eigenvalue weighted by Gasteiger charge is 2.07. The fraction of sp³-hybridized carbons (Fsp3) is 0.522. The van der Waals surface area contributed by atoms with Gasteiger partial charge in [0.15, 0.2) is 11.6 Å². The van der Waals surface area contributed by atoms with Gasteiger partial charge in [0.2, 0.25) is 0 Å². The van der Waals surface area contributed by atoms with Crippen molar-refractivity contribution in [3.8, 4) is 17.0 Å². The van der Waals surface area contributed by atoms with Crippen molar-refractivity contribution in [2.24, 2.45) is 0 Å². The molecule has 0 radical (unpaired) electrons. The molecule has 26 heavy (non-hydrogen) atoms. The summed E-state index contributed by atoms with van der Waals surface area (Å²) in [5.41, 5.74) is 2.84. The van der Waals surface area contributed by atoms with Gasteiger partial charge in [-0.05, 0) is 49.1 Å². The minimum Gasteiger partial charge on any atom is -0.491 e. The van der Waals surface area contributed by atoms with Crippen LogP contribution in [0.4, 0.5) is 4.39 Å². The van der Waals surface area contributed by atoms with Crippen molar-refractivity contribution in [3.63, 3.8) is 0 Å². The van der Waals surface area contributed by atoms with Gasteiger partial charge in [-0.1, -0.05) is 58.4 Å². The number of aryl methyl sites for hydroxylation is 1. The summed E-state index contributed by atoms with van der Waals surface area (Å²) in [5, 5.41) is 0. The molecule has 0 aliphatic carbocycles. The van der Waals surface area contributed by atoms with E-state index in [1.165, 1.54) is 50.2 Å². The van der Waals surface area contributed by atoms with Crippen molar-refractivity contribution in [3.05, 3.63) is 47.9 Å². The Morgan fingerprint density at radius 2 is 1.65 bits per heavy atom. The molecule has 2 rings (SSSR count). The molecule has 0 aliphatic heterocycles. The number of benzene rings is 1. The number of nitrogens with zero attached hydrogens (tertiary/aromatic N) is 1. The maximum atomic E-state index is 14.2. The van der Waals surface area contributed by atoms with Gasteiger partial charge in [-0.3, -0.25) is 4.98 Å². The van der Waals surface area contributed by atoms with E-state index < -0.39 is 0 Å². The molecule has 1 aromatic carbocycles. The summed E-state index contributed by atoms with van der Waals surface area (Å²) < 4.78 is 19.7. The molecule has 0 aliphatic rings. The number of rotatable bonds is 12. The molecule has 0 saturated heterocycles. The molecule has 1 heterocycles. The summed E-state index contributed by atoms with van der Waals surface area (Å²) in [4.78, 5) is 4.52. The first kappa shape index (κ1) is 20.4. The summed E-state index contributed by atoms with van der Waals surface area (Å²) in [6.45, 7) is 4.88. The van der Waals surface area contributed by atoms with E-state index in [2.05, 4.69) is 24.9 Å². The van der Waals surface area contributed by atoms with Gasteiger partial charge >= 0.3 is 0 Å². The standard InChI is InChI=1S/C23H32FNO/c1-3-5-7-8-9-10-11-19-12-14-22(25-18-19)20-13-15-23(21(24)17-20)26-16-6-4-2/h12-15,17-18H,3-11,16H2,1-2H3. The van der Waals surface area contributed by atoms with E-state index >= 15 is 0 Å². The van der Waals surface area contributed by atoms with Gasteiger partial charge in [-0.25, -0.2) is 4.39 Å². The molecule has 0 fully saturated rings. The molecule has 0 atom stereocenters. The zero-order valence-electron chi connectivity index (χ0n) is 16.3. The number of ether oxygens (including phenoxy) is 1.